The summed E-state index contributed by atoms with van der Waals surface area (Å²) in [5, 5.41) is 3.64. The van der Waals surface area contributed by atoms with E-state index < -0.39 is 0 Å². The van der Waals surface area contributed by atoms with Crippen molar-refractivity contribution in [2.24, 2.45) is 5.92 Å². The van der Waals surface area contributed by atoms with Crippen molar-refractivity contribution in [1.82, 2.24) is 15.3 Å². The minimum Gasteiger partial charge on any atom is -0.481 e. The molecule has 19 heavy (non-hydrogen) atoms. The van der Waals surface area contributed by atoms with Crippen LogP contribution in [0.1, 0.15) is 25.7 Å². The summed E-state index contributed by atoms with van der Waals surface area (Å²) in [5.41, 5.74) is 0. The van der Waals surface area contributed by atoms with Crippen molar-refractivity contribution in [2.75, 3.05) is 31.6 Å². The molecular formula is C14H22N4O. The van der Waals surface area contributed by atoms with Crippen LogP contribution in [0.25, 0.3) is 0 Å². The largest absolute Gasteiger partial charge is 0.481 e. The first-order valence-electron chi connectivity index (χ1n) is 7.19. The zero-order valence-corrected chi connectivity index (χ0v) is 11.5. The molecule has 0 aromatic carbocycles. The van der Waals surface area contributed by atoms with Gasteiger partial charge in [-0.3, -0.25) is 0 Å². The van der Waals surface area contributed by atoms with Gasteiger partial charge in [-0.1, -0.05) is 0 Å². The zero-order chi connectivity index (χ0) is 13.1. The molecule has 1 atom stereocenters. The second-order valence-corrected chi connectivity index (χ2v) is 5.56. The standard InChI is InChI=1S/C14H22N4O/c1-19-14-7-13(16-10-17-14)18-6-2-3-11(9-18)8-15-12-4-5-12/h7,10-12,15H,2-6,8-9H2,1H3. The second kappa shape index (κ2) is 5.74. The number of aromatic nitrogens is 2. The first-order chi connectivity index (χ1) is 9.35. The van der Waals surface area contributed by atoms with Gasteiger partial charge in [0.1, 0.15) is 12.1 Å². The van der Waals surface area contributed by atoms with E-state index in [1.165, 1.54) is 25.7 Å². The van der Waals surface area contributed by atoms with Crippen LogP contribution in [-0.4, -0.2) is 42.8 Å². The summed E-state index contributed by atoms with van der Waals surface area (Å²) < 4.78 is 5.17. The van der Waals surface area contributed by atoms with Gasteiger partial charge in [-0.25, -0.2) is 9.97 Å². The molecule has 0 amide bonds. The zero-order valence-electron chi connectivity index (χ0n) is 11.5. The Labute approximate surface area is 114 Å². The minimum absolute atomic E-state index is 0.642. The highest BCUT2D eigenvalue weighted by Crippen LogP contribution is 2.24. The lowest BCUT2D eigenvalue weighted by Gasteiger charge is -2.33. The van der Waals surface area contributed by atoms with E-state index in [0.717, 1.165) is 37.4 Å². The number of nitrogens with zero attached hydrogens (tertiary/aromatic N) is 3. The maximum atomic E-state index is 5.17. The smallest absolute Gasteiger partial charge is 0.218 e. The predicted octanol–water partition coefficient (Wildman–Crippen LogP) is 1.45. The van der Waals surface area contributed by atoms with Crippen molar-refractivity contribution in [3.05, 3.63) is 12.4 Å². The molecule has 1 aliphatic heterocycles. The third-order valence-corrected chi connectivity index (χ3v) is 3.95. The van der Waals surface area contributed by atoms with Crippen molar-refractivity contribution < 1.29 is 4.74 Å². The van der Waals surface area contributed by atoms with Crippen LogP contribution in [-0.2, 0) is 0 Å². The van der Waals surface area contributed by atoms with Gasteiger partial charge in [-0.15, -0.1) is 0 Å². The number of nitrogens with one attached hydrogen (secondary N) is 1. The van der Waals surface area contributed by atoms with Crippen LogP contribution in [0.5, 0.6) is 5.88 Å². The summed E-state index contributed by atoms with van der Waals surface area (Å²) >= 11 is 0. The first kappa shape index (κ1) is 12.7. The topological polar surface area (TPSA) is 50.3 Å². The van der Waals surface area contributed by atoms with Gasteiger partial charge in [0.25, 0.3) is 0 Å². The molecule has 1 aromatic heterocycles. The SMILES string of the molecule is COc1cc(N2CCCC(CNC3CC3)C2)ncn1. The van der Waals surface area contributed by atoms with E-state index in [4.69, 9.17) is 4.74 Å². The van der Waals surface area contributed by atoms with Gasteiger partial charge in [0.2, 0.25) is 5.88 Å². The summed E-state index contributed by atoms with van der Waals surface area (Å²) in [6.45, 7) is 3.31. The Balaban J connectivity index is 1.59. The van der Waals surface area contributed by atoms with Crippen molar-refractivity contribution in [2.45, 2.75) is 31.7 Å². The molecule has 1 saturated heterocycles. The van der Waals surface area contributed by atoms with Gasteiger partial charge in [0, 0.05) is 25.2 Å². The lowest BCUT2D eigenvalue weighted by molar-refractivity contribution is 0.384. The lowest BCUT2D eigenvalue weighted by Crippen LogP contribution is -2.40. The van der Waals surface area contributed by atoms with E-state index in [-0.39, 0.29) is 0 Å². The fourth-order valence-electron chi connectivity index (χ4n) is 2.68. The molecule has 2 heterocycles. The van der Waals surface area contributed by atoms with Crippen molar-refractivity contribution in [3.8, 4) is 5.88 Å². The highest BCUT2D eigenvalue weighted by atomic mass is 16.5. The maximum Gasteiger partial charge on any atom is 0.218 e. The van der Waals surface area contributed by atoms with Gasteiger partial charge in [0.05, 0.1) is 7.11 Å². The molecule has 5 heteroatoms. The van der Waals surface area contributed by atoms with E-state index in [0.29, 0.717) is 5.88 Å². The number of anilines is 1. The van der Waals surface area contributed by atoms with Gasteiger partial charge < -0.3 is 15.0 Å². The van der Waals surface area contributed by atoms with Crippen LogP contribution >= 0.6 is 0 Å². The summed E-state index contributed by atoms with van der Waals surface area (Å²) in [6.07, 6.45) is 6.86. The molecule has 2 aliphatic rings. The Kier molecular flexibility index (Phi) is 3.82. The van der Waals surface area contributed by atoms with Crippen LogP contribution in [0.2, 0.25) is 0 Å². The van der Waals surface area contributed by atoms with Gasteiger partial charge >= 0.3 is 0 Å². The Morgan fingerprint density at radius 2 is 2.26 bits per heavy atom. The second-order valence-electron chi connectivity index (χ2n) is 5.56. The molecule has 0 radical (unpaired) electrons. The van der Waals surface area contributed by atoms with E-state index in [1.807, 2.05) is 6.07 Å². The van der Waals surface area contributed by atoms with Crippen LogP contribution in [0.15, 0.2) is 12.4 Å². The van der Waals surface area contributed by atoms with Crippen LogP contribution < -0.4 is 15.0 Å². The summed E-state index contributed by atoms with van der Waals surface area (Å²) in [6, 6.07) is 2.73. The number of piperidine rings is 1. The summed E-state index contributed by atoms with van der Waals surface area (Å²) in [5.74, 6) is 2.36. The molecule has 0 spiro atoms. The minimum atomic E-state index is 0.642. The number of ether oxygens (including phenoxy) is 1. The van der Waals surface area contributed by atoms with Crippen molar-refractivity contribution >= 4 is 5.82 Å². The fourth-order valence-corrected chi connectivity index (χ4v) is 2.68. The molecule has 3 rings (SSSR count). The van der Waals surface area contributed by atoms with Gasteiger partial charge in [0.15, 0.2) is 0 Å². The molecule has 2 fully saturated rings. The quantitative estimate of drug-likeness (QED) is 0.870. The Hall–Kier alpha value is -1.36. The van der Waals surface area contributed by atoms with E-state index in [2.05, 4.69) is 20.2 Å². The molecule has 1 aromatic rings. The molecule has 1 aliphatic carbocycles. The summed E-state index contributed by atoms with van der Waals surface area (Å²) in [7, 11) is 1.64. The first-order valence-corrected chi connectivity index (χ1v) is 7.19. The molecular weight excluding hydrogens is 240 g/mol. The van der Waals surface area contributed by atoms with Crippen molar-refractivity contribution in [3.63, 3.8) is 0 Å². The lowest BCUT2D eigenvalue weighted by atomic mass is 9.98. The van der Waals surface area contributed by atoms with E-state index >= 15 is 0 Å². The van der Waals surface area contributed by atoms with Crippen molar-refractivity contribution in [1.29, 1.82) is 0 Å². The highest BCUT2D eigenvalue weighted by Gasteiger charge is 2.25. The van der Waals surface area contributed by atoms with Crippen LogP contribution in [0.4, 0.5) is 5.82 Å². The Morgan fingerprint density at radius 3 is 3.05 bits per heavy atom. The summed E-state index contributed by atoms with van der Waals surface area (Å²) in [4.78, 5) is 10.8. The number of hydrogen-bond donors (Lipinski definition) is 1. The van der Waals surface area contributed by atoms with Crippen LogP contribution in [0.3, 0.4) is 0 Å². The molecule has 1 unspecified atom stereocenters. The number of hydrogen-bond acceptors (Lipinski definition) is 5. The Morgan fingerprint density at radius 1 is 1.37 bits per heavy atom. The monoisotopic (exact) mass is 262 g/mol. The van der Waals surface area contributed by atoms with E-state index in [9.17, 15) is 0 Å². The number of rotatable bonds is 5. The number of methoxy groups -OCH3 is 1. The maximum absolute atomic E-state index is 5.17. The van der Waals surface area contributed by atoms with E-state index in [1.54, 1.807) is 13.4 Å². The fraction of sp³-hybridized carbons (Fsp3) is 0.714. The molecule has 1 N–H and O–H groups in total. The molecule has 5 nitrogen and oxygen atoms in total. The average molecular weight is 262 g/mol. The average Bonchev–Trinajstić information content (AvgIpc) is 3.30. The Bertz CT molecular complexity index is 422. The molecule has 1 saturated carbocycles. The predicted molar refractivity (Wildman–Crippen MR) is 74.5 cm³/mol. The van der Waals surface area contributed by atoms with Gasteiger partial charge in [-0.05, 0) is 38.1 Å². The molecule has 104 valence electrons. The molecule has 0 bridgehead atoms. The highest BCUT2D eigenvalue weighted by molar-refractivity contribution is 5.41. The third kappa shape index (κ3) is 3.35. The van der Waals surface area contributed by atoms with Crippen LogP contribution in [0, 0.1) is 5.92 Å². The third-order valence-electron chi connectivity index (χ3n) is 3.95. The normalized spacial score (nSPS) is 23.4. The van der Waals surface area contributed by atoms with Gasteiger partial charge in [-0.2, -0.15) is 0 Å².